The molecule has 0 aliphatic carbocycles. The summed E-state index contributed by atoms with van der Waals surface area (Å²) in [7, 11) is 0. The number of aromatic nitrogens is 2. The van der Waals surface area contributed by atoms with Gasteiger partial charge in [-0.3, -0.25) is 0 Å². The highest BCUT2D eigenvalue weighted by Crippen LogP contribution is 2.15. The van der Waals surface area contributed by atoms with E-state index in [2.05, 4.69) is 22.2 Å². The maximum absolute atomic E-state index is 5.55. The zero-order valence-electron chi connectivity index (χ0n) is 9.87. The molecule has 0 saturated heterocycles. The molecule has 0 fully saturated rings. The number of hydrogen-bond acceptors (Lipinski definition) is 3. The number of nitrogens with zero attached hydrogens (tertiary/aromatic N) is 1. The zero-order valence-corrected chi connectivity index (χ0v) is 9.87. The lowest BCUT2D eigenvalue weighted by molar-refractivity contribution is 0.415. The van der Waals surface area contributed by atoms with Crippen LogP contribution in [0.3, 0.4) is 0 Å². The van der Waals surface area contributed by atoms with Crippen molar-refractivity contribution >= 4 is 0 Å². The third kappa shape index (κ3) is 2.52. The second-order valence-electron chi connectivity index (χ2n) is 4.04. The molecule has 0 radical (unpaired) electrons. The van der Waals surface area contributed by atoms with Crippen molar-refractivity contribution in [3.8, 4) is 0 Å². The van der Waals surface area contributed by atoms with Crippen LogP contribution in [0.2, 0.25) is 0 Å². The van der Waals surface area contributed by atoms with Gasteiger partial charge in [0.1, 0.15) is 17.3 Å². The van der Waals surface area contributed by atoms with Gasteiger partial charge in [0.15, 0.2) is 0 Å². The first-order chi connectivity index (χ1) is 7.65. The Balaban J connectivity index is 1.91. The predicted molar refractivity (Wildman–Crippen MR) is 62.0 cm³/mol. The average Bonchev–Trinajstić information content (AvgIpc) is 2.84. The summed E-state index contributed by atoms with van der Waals surface area (Å²) in [6.07, 6.45) is 1.85. The van der Waals surface area contributed by atoms with Gasteiger partial charge in [0.25, 0.3) is 0 Å². The first-order valence-corrected chi connectivity index (χ1v) is 5.45. The molecule has 0 bridgehead atoms. The van der Waals surface area contributed by atoms with Crippen molar-refractivity contribution < 1.29 is 4.42 Å². The number of hydrogen-bond donors (Lipinski definition) is 2. The Morgan fingerprint density at radius 2 is 2.25 bits per heavy atom. The van der Waals surface area contributed by atoms with Crippen LogP contribution in [0.1, 0.15) is 36.0 Å². The zero-order chi connectivity index (χ0) is 11.5. The number of H-pyrrole nitrogens is 1. The molecule has 1 atom stereocenters. The minimum absolute atomic E-state index is 0.206. The second kappa shape index (κ2) is 4.53. The maximum Gasteiger partial charge on any atom is 0.120 e. The summed E-state index contributed by atoms with van der Waals surface area (Å²) in [5.74, 6) is 2.85. The van der Waals surface area contributed by atoms with Gasteiger partial charge in [-0.05, 0) is 32.9 Å². The van der Waals surface area contributed by atoms with Crippen molar-refractivity contribution in [2.75, 3.05) is 0 Å². The molecule has 0 aliphatic rings. The first-order valence-electron chi connectivity index (χ1n) is 5.45. The maximum atomic E-state index is 5.55. The van der Waals surface area contributed by atoms with Gasteiger partial charge in [0, 0.05) is 18.4 Å². The van der Waals surface area contributed by atoms with Crippen molar-refractivity contribution in [3.05, 3.63) is 41.4 Å². The fourth-order valence-electron chi connectivity index (χ4n) is 1.61. The summed E-state index contributed by atoms with van der Waals surface area (Å²) in [6.45, 7) is 6.75. The SMILES string of the molecule is Cc1ncc(CNC(C)c2ccc(C)o2)[nH]1. The van der Waals surface area contributed by atoms with Crippen LogP contribution < -0.4 is 5.32 Å². The molecule has 86 valence electrons. The topological polar surface area (TPSA) is 53.9 Å². The molecule has 2 rings (SSSR count). The number of rotatable bonds is 4. The molecule has 4 heteroatoms. The van der Waals surface area contributed by atoms with Crippen molar-refractivity contribution in [3.63, 3.8) is 0 Å². The lowest BCUT2D eigenvalue weighted by Gasteiger charge is -2.09. The van der Waals surface area contributed by atoms with E-state index in [-0.39, 0.29) is 6.04 Å². The summed E-state index contributed by atoms with van der Waals surface area (Å²) in [6, 6.07) is 4.19. The minimum Gasteiger partial charge on any atom is -0.465 e. The van der Waals surface area contributed by atoms with E-state index in [4.69, 9.17) is 4.42 Å². The fourth-order valence-corrected chi connectivity index (χ4v) is 1.61. The van der Waals surface area contributed by atoms with Crippen molar-refractivity contribution in [2.24, 2.45) is 0 Å². The number of aromatic amines is 1. The quantitative estimate of drug-likeness (QED) is 0.830. The van der Waals surface area contributed by atoms with Gasteiger partial charge < -0.3 is 14.7 Å². The van der Waals surface area contributed by atoms with Gasteiger partial charge in [-0.25, -0.2) is 4.98 Å². The molecule has 2 N–H and O–H groups in total. The number of imidazole rings is 1. The summed E-state index contributed by atoms with van der Waals surface area (Å²) in [4.78, 5) is 7.34. The van der Waals surface area contributed by atoms with Gasteiger partial charge >= 0.3 is 0 Å². The fraction of sp³-hybridized carbons (Fsp3) is 0.417. The Kier molecular flexibility index (Phi) is 3.10. The molecule has 0 spiro atoms. The van der Waals surface area contributed by atoms with Crippen molar-refractivity contribution in [1.82, 2.24) is 15.3 Å². The Labute approximate surface area is 95.1 Å². The smallest absolute Gasteiger partial charge is 0.120 e. The molecule has 0 amide bonds. The molecule has 0 aromatic carbocycles. The molecule has 2 aromatic heterocycles. The van der Waals surface area contributed by atoms with Crippen LogP contribution in [-0.2, 0) is 6.54 Å². The van der Waals surface area contributed by atoms with Crippen molar-refractivity contribution in [2.45, 2.75) is 33.4 Å². The predicted octanol–water partition coefficient (Wildman–Crippen LogP) is 2.47. The van der Waals surface area contributed by atoms with E-state index in [1.165, 1.54) is 0 Å². The van der Waals surface area contributed by atoms with Crippen LogP contribution in [0.5, 0.6) is 0 Å². The largest absolute Gasteiger partial charge is 0.465 e. The van der Waals surface area contributed by atoms with E-state index >= 15 is 0 Å². The Morgan fingerprint density at radius 1 is 1.44 bits per heavy atom. The highest BCUT2D eigenvalue weighted by Gasteiger charge is 2.08. The average molecular weight is 219 g/mol. The van der Waals surface area contributed by atoms with E-state index in [0.29, 0.717) is 0 Å². The van der Waals surface area contributed by atoms with Crippen molar-refractivity contribution in [1.29, 1.82) is 0 Å². The lowest BCUT2D eigenvalue weighted by atomic mass is 10.2. The molecular formula is C12H17N3O. The normalized spacial score (nSPS) is 12.9. The van der Waals surface area contributed by atoms with Crippen LogP contribution in [0, 0.1) is 13.8 Å². The number of aryl methyl sites for hydroxylation is 2. The van der Waals surface area contributed by atoms with Gasteiger partial charge in [-0.15, -0.1) is 0 Å². The summed E-state index contributed by atoms with van der Waals surface area (Å²) in [5, 5.41) is 3.38. The van der Waals surface area contributed by atoms with Crippen LogP contribution in [0.25, 0.3) is 0 Å². The standard InChI is InChI=1S/C12H17N3O/c1-8-4-5-12(16-8)9(2)13-6-11-7-14-10(3)15-11/h4-5,7,9,13H,6H2,1-3H3,(H,14,15). The van der Waals surface area contributed by atoms with E-state index in [1.54, 1.807) is 0 Å². The molecular weight excluding hydrogens is 202 g/mol. The third-order valence-electron chi connectivity index (χ3n) is 2.54. The van der Waals surface area contributed by atoms with Crippen LogP contribution in [-0.4, -0.2) is 9.97 Å². The summed E-state index contributed by atoms with van der Waals surface area (Å²) >= 11 is 0. The number of furan rings is 1. The highest BCUT2D eigenvalue weighted by molar-refractivity contribution is 5.09. The molecule has 2 aromatic rings. The Morgan fingerprint density at radius 3 is 2.81 bits per heavy atom. The Bertz CT molecular complexity index is 458. The highest BCUT2D eigenvalue weighted by atomic mass is 16.3. The summed E-state index contributed by atoms with van der Waals surface area (Å²) < 4.78 is 5.55. The minimum atomic E-state index is 0.206. The van der Waals surface area contributed by atoms with Crippen LogP contribution in [0.4, 0.5) is 0 Å². The van der Waals surface area contributed by atoms with Gasteiger partial charge in [0.05, 0.1) is 6.04 Å². The van der Waals surface area contributed by atoms with E-state index in [0.717, 1.165) is 29.6 Å². The van der Waals surface area contributed by atoms with E-state index in [1.807, 2.05) is 32.2 Å². The first kappa shape index (κ1) is 11.0. The van der Waals surface area contributed by atoms with Gasteiger partial charge in [-0.2, -0.15) is 0 Å². The second-order valence-corrected chi connectivity index (χ2v) is 4.04. The van der Waals surface area contributed by atoms with E-state index in [9.17, 15) is 0 Å². The summed E-state index contributed by atoms with van der Waals surface area (Å²) in [5.41, 5.74) is 1.09. The monoisotopic (exact) mass is 219 g/mol. The van der Waals surface area contributed by atoms with E-state index < -0.39 is 0 Å². The molecule has 0 aliphatic heterocycles. The Hall–Kier alpha value is -1.55. The van der Waals surface area contributed by atoms with Gasteiger partial charge in [0.2, 0.25) is 0 Å². The van der Waals surface area contributed by atoms with Crippen LogP contribution >= 0.6 is 0 Å². The molecule has 0 saturated carbocycles. The third-order valence-corrected chi connectivity index (χ3v) is 2.54. The van der Waals surface area contributed by atoms with Gasteiger partial charge in [-0.1, -0.05) is 0 Å². The van der Waals surface area contributed by atoms with Crippen LogP contribution in [0.15, 0.2) is 22.7 Å². The molecule has 16 heavy (non-hydrogen) atoms. The molecule has 2 heterocycles. The lowest BCUT2D eigenvalue weighted by Crippen LogP contribution is -2.17. The molecule has 1 unspecified atom stereocenters. The number of nitrogens with one attached hydrogen (secondary N) is 2. The molecule has 4 nitrogen and oxygen atoms in total.